The van der Waals surface area contributed by atoms with E-state index in [-0.39, 0.29) is 19.3 Å². The molecule has 0 aromatic rings. The first-order valence-electron chi connectivity index (χ1n) is 7.31. The predicted octanol–water partition coefficient (Wildman–Crippen LogP) is -1.13. The second-order valence-electron chi connectivity index (χ2n) is 4.87. The second kappa shape index (κ2) is 9.71. The van der Waals surface area contributed by atoms with E-state index < -0.39 is 28.4 Å². The Bertz CT molecular complexity index is 522. The summed E-state index contributed by atoms with van der Waals surface area (Å²) in [5.41, 5.74) is 6.41. The molecule has 1 rings (SSSR count). The molecule has 2 atom stereocenters. The van der Waals surface area contributed by atoms with Crippen molar-refractivity contribution in [2.45, 2.75) is 38.8 Å². The highest BCUT2D eigenvalue weighted by Crippen LogP contribution is 2.09. The van der Waals surface area contributed by atoms with E-state index in [1.807, 2.05) is 6.92 Å². The van der Waals surface area contributed by atoms with Gasteiger partial charge in [-0.15, -0.1) is 4.28 Å². The van der Waals surface area contributed by atoms with Crippen molar-refractivity contribution in [2.24, 2.45) is 0 Å². The van der Waals surface area contributed by atoms with Crippen molar-refractivity contribution in [3.63, 3.8) is 0 Å². The molecule has 12 nitrogen and oxygen atoms in total. The van der Waals surface area contributed by atoms with Crippen LogP contribution in [0.25, 0.3) is 0 Å². The number of amides is 3. The Labute approximate surface area is 139 Å². The number of urea groups is 1. The molecule has 0 saturated carbocycles. The lowest BCUT2D eigenvalue weighted by molar-refractivity contribution is -0.142. The maximum absolute atomic E-state index is 12.3. The monoisotopic (exact) mass is 370 g/mol. The Balaban J connectivity index is 2.66. The van der Waals surface area contributed by atoms with Gasteiger partial charge in [0.2, 0.25) is 0 Å². The topological polar surface area (TPSA) is 156 Å². The Morgan fingerprint density at radius 2 is 2.12 bits per heavy atom. The van der Waals surface area contributed by atoms with Crippen molar-refractivity contribution in [3.05, 3.63) is 0 Å². The number of nitrogens with zero attached hydrogens (tertiary/aromatic N) is 1. The summed E-state index contributed by atoms with van der Waals surface area (Å²) in [5, 5.41) is 0. The fraction of sp³-hybridized carbons (Fsp3) is 0.818. The first kappa shape index (κ1) is 20.5. The number of rotatable bonds is 9. The number of likely N-dealkylation sites (N-methyl/N-ethyl adjacent to an activating group) is 1. The van der Waals surface area contributed by atoms with Gasteiger partial charge in [-0.05, 0) is 13.3 Å². The zero-order chi connectivity index (χ0) is 18.2. The fourth-order valence-electron chi connectivity index (χ4n) is 2.00. The first-order valence-corrected chi connectivity index (χ1v) is 8.67. The maximum atomic E-state index is 12.3. The standard InChI is InChI=1S/C11H22N4O8S/c1-3-5-9(10(16)13-22-8-6-12-21-7-8)15(4-2)11(17)14-23-24(18,19)20/h8-9,12H,3-7H2,1-2H3,(H,13,16)(H,14,17)(H,18,19,20)/t8?,9-/m0/s1. The number of hydrogen-bond acceptors (Lipinski definition) is 8. The van der Waals surface area contributed by atoms with E-state index in [2.05, 4.69) is 15.2 Å². The smallest absolute Gasteiger partial charge is 0.311 e. The Hall–Kier alpha value is -1.51. The van der Waals surface area contributed by atoms with E-state index in [1.54, 1.807) is 12.4 Å². The summed E-state index contributed by atoms with van der Waals surface area (Å²) in [5.74, 6) is -0.576. The normalized spacial score (nSPS) is 18.9. The van der Waals surface area contributed by atoms with Crippen LogP contribution in [-0.4, -0.2) is 61.7 Å². The van der Waals surface area contributed by atoms with E-state index in [4.69, 9.17) is 14.2 Å². The molecule has 0 radical (unpaired) electrons. The van der Waals surface area contributed by atoms with Crippen LogP contribution in [0, 0.1) is 0 Å². The van der Waals surface area contributed by atoms with Crippen molar-refractivity contribution < 1.29 is 36.5 Å². The largest absolute Gasteiger partial charge is 0.418 e. The summed E-state index contributed by atoms with van der Waals surface area (Å²) in [4.78, 5) is 35.3. The van der Waals surface area contributed by atoms with Crippen LogP contribution < -0.4 is 16.4 Å². The lowest BCUT2D eigenvalue weighted by Crippen LogP contribution is -2.53. The Morgan fingerprint density at radius 1 is 1.42 bits per heavy atom. The zero-order valence-electron chi connectivity index (χ0n) is 13.4. The van der Waals surface area contributed by atoms with Gasteiger partial charge in [0.1, 0.15) is 12.1 Å². The lowest BCUT2D eigenvalue weighted by Gasteiger charge is -2.29. The number of carbonyl (C=O) groups excluding carboxylic acids is 2. The fourth-order valence-corrected chi connectivity index (χ4v) is 2.18. The molecule has 0 bridgehead atoms. The van der Waals surface area contributed by atoms with Gasteiger partial charge in [0.15, 0.2) is 0 Å². The highest BCUT2D eigenvalue weighted by atomic mass is 32.3. The minimum Gasteiger partial charge on any atom is -0.311 e. The second-order valence-corrected chi connectivity index (χ2v) is 5.90. The Morgan fingerprint density at radius 3 is 2.62 bits per heavy atom. The van der Waals surface area contributed by atoms with Crippen molar-refractivity contribution in [2.75, 3.05) is 19.7 Å². The summed E-state index contributed by atoms with van der Waals surface area (Å²) in [6.07, 6.45) is 0.527. The van der Waals surface area contributed by atoms with Crippen LogP contribution in [0.1, 0.15) is 26.7 Å². The van der Waals surface area contributed by atoms with Crippen LogP contribution >= 0.6 is 0 Å². The maximum Gasteiger partial charge on any atom is 0.418 e. The number of hydrogen-bond donors (Lipinski definition) is 4. The van der Waals surface area contributed by atoms with Crippen LogP contribution in [0.5, 0.6) is 0 Å². The van der Waals surface area contributed by atoms with Crippen LogP contribution in [0.15, 0.2) is 0 Å². The van der Waals surface area contributed by atoms with Crippen LogP contribution in [0.2, 0.25) is 0 Å². The summed E-state index contributed by atoms with van der Waals surface area (Å²) < 4.78 is 33.3. The molecule has 1 unspecified atom stereocenters. The predicted molar refractivity (Wildman–Crippen MR) is 79.2 cm³/mol. The number of hydroxylamine groups is 3. The highest BCUT2D eigenvalue weighted by Gasteiger charge is 2.30. The molecule has 0 aromatic carbocycles. The van der Waals surface area contributed by atoms with Crippen LogP contribution in [0.3, 0.4) is 0 Å². The molecule has 24 heavy (non-hydrogen) atoms. The van der Waals surface area contributed by atoms with E-state index in [9.17, 15) is 18.0 Å². The van der Waals surface area contributed by atoms with Crippen LogP contribution in [0.4, 0.5) is 4.79 Å². The van der Waals surface area contributed by atoms with Crippen molar-refractivity contribution in [1.82, 2.24) is 21.3 Å². The average molecular weight is 370 g/mol. The van der Waals surface area contributed by atoms with E-state index in [1.165, 1.54) is 0 Å². The van der Waals surface area contributed by atoms with E-state index in [0.29, 0.717) is 19.4 Å². The lowest BCUT2D eigenvalue weighted by atomic mass is 10.1. The summed E-state index contributed by atoms with van der Waals surface area (Å²) >= 11 is 0. The average Bonchev–Trinajstić information content (AvgIpc) is 3.03. The highest BCUT2D eigenvalue weighted by molar-refractivity contribution is 7.80. The molecule has 1 aliphatic rings. The first-order chi connectivity index (χ1) is 11.3. The van der Waals surface area contributed by atoms with Gasteiger partial charge >= 0.3 is 16.4 Å². The molecule has 0 aromatic heterocycles. The van der Waals surface area contributed by atoms with Crippen molar-refractivity contribution >= 4 is 22.3 Å². The van der Waals surface area contributed by atoms with E-state index >= 15 is 0 Å². The molecule has 1 heterocycles. The zero-order valence-corrected chi connectivity index (χ0v) is 14.2. The molecule has 0 spiro atoms. The molecular weight excluding hydrogens is 348 g/mol. The van der Waals surface area contributed by atoms with Gasteiger partial charge in [-0.2, -0.15) is 19.4 Å². The van der Waals surface area contributed by atoms with Gasteiger partial charge < -0.3 is 4.90 Å². The van der Waals surface area contributed by atoms with Gasteiger partial charge in [0.05, 0.1) is 13.2 Å². The van der Waals surface area contributed by atoms with Crippen LogP contribution in [-0.2, 0) is 29.2 Å². The molecule has 1 aliphatic heterocycles. The summed E-state index contributed by atoms with van der Waals surface area (Å²) in [7, 11) is -4.85. The third kappa shape index (κ3) is 6.94. The van der Waals surface area contributed by atoms with E-state index in [0.717, 1.165) is 4.90 Å². The summed E-state index contributed by atoms with van der Waals surface area (Å²) in [6, 6.07) is -1.91. The molecule has 13 heteroatoms. The molecule has 140 valence electrons. The minimum absolute atomic E-state index is 0.0901. The molecule has 1 fully saturated rings. The molecular formula is C11H22N4O8S. The van der Waals surface area contributed by atoms with Gasteiger partial charge in [-0.3, -0.25) is 19.0 Å². The quantitative estimate of drug-likeness (QED) is 0.291. The summed E-state index contributed by atoms with van der Waals surface area (Å²) in [6.45, 7) is 4.17. The van der Waals surface area contributed by atoms with Gasteiger partial charge in [0, 0.05) is 6.54 Å². The number of nitrogens with one attached hydrogen (secondary N) is 3. The van der Waals surface area contributed by atoms with Crippen molar-refractivity contribution in [1.29, 1.82) is 0 Å². The third-order valence-corrected chi connectivity index (χ3v) is 3.38. The van der Waals surface area contributed by atoms with Crippen molar-refractivity contribution in [3.8, 4) is 0 Å². The third-order valence-electron chi connectivity index (χ3n) is 3.09. The molecule has 0 aliphatic carbocycles. The van der Waals surface area contributed by atoms with Gasteiger partial charge in [0.25, 0.3) is 5.91 Å². The Kier molecular flexibility index (Phi) is 8.30. The molecule has 4 N–H and O–H groups in total. The molecule has 1 saturated heterocycles. The molecule has 3 amide bonds. The van der Waals surface area contributed by atoms with Gasteiger partial charge in [-0.1, -0.05) is 13.3 Å². The number of carbonyl (C=O) groups is 2. The minimum atomic E-state index is -4.85. The SMILES string of the molecule is CCC[C@@H](C(=O)NOC1CNOC1)N(CC)C(=O)NOS(=O)(=O)O. The van der Waals surface area contributed by atoms with Gasteiger partial charge in [-0.25, -0.2) is 10.3 Å².